The predicted molar refractivity (Wildman–Crippen MR) is 49.1 cm³/mol. The molecule has 0 spiro atoms. The average molecular weight is 155 g/mol. The van der Waals surface area contributed by atoms with Gasteiger partial charge in [-0.1, -0.05) is 26.0 Å². The topological polar surface area (TPSA) is 29.1 Å². The van der Waals surface area contributed by atoms with E-state index in [1.807, 2.05) is 27.7 Å². The highest BCUT2D eigenvalue weighted by Crippen LogP contribution is 1.86. The third-order valence-corrected chi connectivity index (χ3v) is 0.664. The van der Waals surface area contributed by atoms with Crippen molar-refractivity contribution < 1.29 is 4.79 Å². The third-order valence-electron chi connectivity index (χ3n) is 0.664. The molecule has 0 atom stereocenters. The van der Waals surface area contributed by atoms with Gasteiger partial charge in [-0.2, -0.15) is 0 Å². The molecule has 2 nitrogen and oxygen atoms in total. The number of allylic oxidation sites excluding steroid dienone is 1. The zero-order chi connectivity index (χ0) is 9.28. The molecule has 0 aromatic heterocycles. The van der Waals surface area contributed by atoms with E-state index in [1.54, 1.807) is 0 Å². The van der Waals surface area contributed by atoms with Crippen LogP contribution >= 0.6 is 0 Å². The molecule has 0 unspecified atom stereocenters. The molecular weight excluding hydrogens is 138 g/mol. The lowest BCUT2D eigenvalue weighted by molar-refractivity contribution is -0.115. The molecule has 1 amide bonds. The Bertz CT molecular complexity index is 144. The summed E-state index contributed by atoms with van der Waals surface area (Å²) in [6.07, 6.45) is 2.88. The van der Waals surface area contributed by atoms with Crippen LogP contribution in [-0.4, -0.2) is 5.91 Å². The number of amides is 1. The summed E-state index contributed by atoms with van der Waals surface area (Å²) in [5.41, 5.74) is 0.981. The molecule has 0 fully saturated rings. The fourth-order valence-corrected chi connectivity index (χ4v) is 0.404. The summed E-state index contributed by atoms with van der Waals surface area (Å²) in [6.45, 7) is 11.1. The van der Waals surface area contributed by atoms with Crippen molar-refractivity contribution in [1.82, 2.24) is 5.32 Å². The monoisotopic (exact) mass is 155 g/mol. The van der Waals surface area contributed by atoms with Gasteiger partial charge in [-0.25, -0.2) is 0 Å². The molecule has 0 aromatic rings. The maximum absolute atomic E-state index is 10.6. The molecule has 0 aromatic carbocycles. The van der Waals surface area contributed by atoms with Gasteiger partial charge in [0.25, 0.3) is 0 Å². The lowest BCUT2D eigenvalue weighted by Crippen LogP contribution is -2.12. The van der Waals surface area contributed by atoms with E-state index in [2.05, 4.69) is 11.9 Å². The minimum atomic E-state index is -0.120. The lowest BCUT2D eigenvalue weighted by Gasteiger charge is -1.90. The summed E-state index contributed by atoms with van der Waals surface area (Å²) in [5.74, 6) is -0.120. The molecule has 0 radical (unpaired) electrons. The van der Waals surface area contributed by atoms with Crippen LogP contribution in [-0.2, 0) is 4.79 Å². The van der Waals surface area contributed by atoms with E-state index in [9.17, 15) is 4.79 Å². The number of carbonyl (C=O) groups excluding carboxylic acids is 1. The molecule has 0 aliphatic rings. The SMILES string of the molecule is C=CNC(=O)C=C(C)C.CC. The van der Waals surface area contributed by atoms with E-state index in [-0.39, 0.29) is 5.91 Å². The van der Waals surface area contributed by atoms with E-state index in [4.69, 9.17) is 0 Å². The molecule has 2 heteroatoms. The van der Waals surface area contributed by atoms with Gasteiger partial charge in [0.2, 0.25) is 5.91 Å². The zero-order valence-corrected chi connectivity index (χ0v) is 7.77. The Morgan fingerprint density at radius 2 is 1.82 bits per heavy atom. The van der Waals surface area contributed by atoms with Crippen molar-refractivity contribution in [2.24, 2.45) is 0 Å². The molecule has 0 aliphatic heterocycles. The Morgan fingerprint density at radius 3 is 2.09 bits per heavy atom. The number of carbonyl (C=O) groups is 1. The molecule has 0 aliphatic carbocycles. The molecule has 1 N–H and O–H groups in total. The minimum absolute atomic E-state index is 0.120. The molecule has 64 valence electrons. The number of hydrogen-bond acceptors (Lipinski definition) is 1. The summed E-state index contributed by atoms with van der Waals surface area (Å²) in [4.78, 5) is 10.6. The van der Waals surface area contributed by atoms with Crippen LogP contribution in [0, 0.1) is 0 Å². The van der Waals surface area contributed by atoms with Gasteiger partial charge in [-0.15, -0.1) is 0 Å². The van der Waals surface area contributed by atoms with Crippen molar-refractivity contribution in [3.05, 3.63) is 24.4 Å². The quantitative estimate of drug-likeness (QED) is 0.609. The first-order valence-corrected chi connectivity index (χ1v) is 3.73. The standard InChI is InChI=1S/C7H11NO.C2H6/c1-4-8-7(9)5-6(2)3;1-2/h4-5H,1H2,2-3H3,(H,8,9);1-2H3. The van der Waals surface area contributed by atoms with Crippen LogP contribution in [0.25, 0.3) is 0 Å². The molecule has 11 heavy (non-hydrogen) atoms. The highest BCUT2D eigenvalue weighted by molar-refractivity contribution is 5.88. The summed E-state index contributed by atoms with van der Waals surface area (Å²) >= 11 is 0. The first-order chi connectivity index (χ1) is 5.16. The van der Waals surface area contributed by atoms with Crippen LogP contribution in [0.3, 0.4) is 0 Å². The zero-order valence-electron chi connectivity index (χ0n) is 7.77. The first kappa shape index (κ1) is 12.6. The van der Waals surface area contributed by atoms with Gasteiger partial charge in [0.15, 0.2) is 0 Å². The summed E-state index contributed by atoms with van der Waals surface area (Å²) < 4.78 is 0. The summed E-state index contributed by atoms with van der Waals surface area (Å²) in [7, 11) is 0. The smallest absolute Gasteiger partial charge is 0.247 e. The Balaban J connectivity index is 0. The Labute approximate surface area is 69.0 Å². The van der Waals surface area contributed by atoms with E-state index >= 15 is 0 Å². The van der Waals surface area contributed by atoms with Crippen LogP contribution in [0.15, 0.2) is 24.4 Å². The van der Waals surface area contributed by atoms with Crippen LogP contribution < -0.4 is 5.32 Å². The van der Waals surface area contributed by atoms with Crippen molar-refractivity contribution in [2.75, 3.05) is 0 Å². The number of nitrogens with one attached hydrogen (secondary N) is 1. The van der Waals surface area contributed by atoms with Crippen LogP contribution in [0.2, 0.25) is 0 Å². The maximum Gasteiger partial charge on any atom is 0.247 e. The normalized spacial score (nSPS) is 6.91. The fourth-order valence-electron chi connectivity index (χ4n) is 0.404. The van der Waals surface area contributed by atoms with Gasteiger partial charge in [0.1, 0.15) is 0 Å². The lowest BCUT2D eigenvalue weighted by atomic mass is 10.3. The van der Waals surface area contributed by atoms with Crippen molar-refractivity contribution in [3.63, 3.8) is 0 Å². The maximum atomic E-state index is 10.6. The first-order valence-electron chi connectivity index (χ1n) is 3.73. The van der Waals surface area contributed by atoms with E-state index < -0.39 is 0 Å². The third kappa shape index (κ3) is 12.2. The molecular formula is C9H17NO. The molecule has 0 saturated carbocycles. The second-order valence-corrected chi connectivity index (χ2v) is 1.93. The predicted octanol–water partition coefficient (Wildman–Crippen LogP) is 2.24. The second-order valence-electron chi connectivity index (χ2n) is 1.93. The molecule has 0 heterocycles. The van der Waals surface area contributed by atoms with Crippen molar-refractivity contribution >= 4 is 5.91 Å². The summed E-state index contributed by atoms with van der Waals surface area (Å²) in [6, 6.07) is 0. The largest absolute Gasteiger partial charge is 0.330 e. The average Bonchev–Trinajstić information content (AvgIpc) is 1.91. The Hall–Kier alpha value is -1.05. The van der Waals surface area contributed by atoms with E-state index in [0.717, 1.165) is 5.57 Å². The van der Waals surface area contributed by atoms with Crippen molar-refractivity contribution in [3.8, 4) is 0 Å². The van der Waals surface area contributed by atoms with Crippen LogP contribution in [0.4, 0.5) is 0 Å². The Kier molecular flexibility index (Phi) is 10.3. The fraction of sp³-hybridized carbons (Fsp3) is 0.444. The molecule has 0 saturated heterocycles. The van der Waals surface area contributed by atoms with Gasteiger partial charge in [-0.3, -0.25) is 4.79 Å². The van der Waals surface area contributed by atoms with Gasteiger partial charge in [0.05, 0.1) is 0 Å². The van der Waals surface area contributed by atoms with Gasteiger partial charge < -0.3 is 5.32 Å². The van der Waals surface area contributed by atoms with Gasteiger partial charge in [-0.05, 0) is 20.0 Å². The second kappa shape index (κ2) is 8.95. The van der Waals surface area contributed by atoms with Crippen LogP contribution in [0.5, 0.6) is 0 Å². The van der Waals surface area contributed by atoms with Gasteiger partial charge >= 0.3 is 0 Å². The number of rotatable bonds is 2. The Morgan fingerprint density at radius 1 is 1.36 bits per heavy atom. The van der Waals surface area contributed by atoms with E-state index in [1.165, 1.54) is 12.3 Å². The molecule has 0 bridgehead atoms. The van der Waals surface area contributed by atoms with Gasteiger partial charge in [0, 0.05) is 6.08 Å². The van der Waals surface area contributed by atoms with Crippen LogP contribution in [0.1, 0.15) is 27.7 Å². The highest BCUT2D eigenvalue weighted by Gasteiger charge is 1.88. The van der Waals surface area contributed by atoms with E-state index in [0.29, 0.717) is 0 Å². The minimum Gasteiger partial charge on any atom is -0.330 e. The molecule has 0 rings (SSSR count). The number of hydrogen-bond donors (Lipinski definition) is 1. The summed E-state index contributed by atoms with van der Waals surface area (Å²) in [5, 5.41) is 2.43. The van der Waals surface area contributed by atoms with Crippen molar-refractivity contribution in [2.45, 2.75) is 27.7 Å². The van der Waals surface area contributed by atoms with Crippen molar-refractivity contribution in [1.29, 1.82) is 0 Å². The highest BCUT2D eigenvalue weighted by atomic mass is 16.1.